The van der Waals surface area contributed by atoms with E-state index in [9.17, 15) is 0 Å². The summed E-state index contributed by atoms with van der Waals surface area (Å²) >= 11 is 1.76. The van der Waals surface area contributed by atoms with Gasteiger partial charge in [0.05, 0.1) is 11.5 Å². The summed E-state index contributed by atoms with van der Waals surface area (Å²) in [5, 5.41) is 4.68. The van der Waals surface area contributed by atoms with Gasteiger partial charge in [-0.2, -0.15) is 0 Å². The van der Waals surface area contributed by atoms with Gasteiger partial charge < -0.3 is 10.1 Å². The highest BCUT2D eigenvalue weighted by molar-refractivity contribution is 7.15. The molecule has 1 heterocycles. The van der Waals surface area contributed by atoms with E-state index in [0.29, 0.717) is 6.61 Å². The number of hydrogen-bond donors (Lipinski definition) is 1. The first-order chi connectivity index (χ1) is 11.8. The molecule has 3 nitrogen and oxygen atoms in total. The highest BCUT2D eigenvalue weighted by atomic mass is 32.1. The van der Waals surface area contributed by atoms with Crippen LogP contribution in [0.4, 0.5) is 0 Å². The normalized spacial score (nSPS) is 14.5. The summed E-state index contributed by atoms with van der Waals surface area (Å²) in [5.41, 5.74) is 2.83. The van der Waals surface area contributed by atoms with E-state index in [0.717, 1.165) is 23.8 Å². The predicted octanol–water partition coefficient (Wildman–Crippen LogP) is 5.19. The molecule has 4 heteroatoms. The molecule has 0 bridgehead atoms. The van der Waals surface area contributed by atoms with Crippen LogP contribution in [-0.2, 0) is 6.54 Å². The number of allylic oxidation sites excluding steroid dienone is 1. The van der Waals surface area contributed by atoms with Gasteiger partial charge >= 0.3 is 0 Å². The SMILES string of the molecule is CCOc1ccc(-c2cnc(CNCCC3=CCCCC3)s2)cc1. The van der Waals surface area contributed by atoms with Crippen LogP contribution in [0, 0.1) is 0 Å². The van der Waals surface area contributed by atoms with Crippen molar-refractivity contribution in [2.24, 2.45) is 0 Å². The maximum atomic E-state index is 5.49. The number of rotatable bonds is 8. The van der Waals surface area contributed by atoms with E-state index in [1.54, 1.807) is 16.9 Å². The Hall–Kier alpha value is -1.65. The number of benzene rings is 1. The molecule has 1 aliphatic rings. The molecule has 3 rings (SSSR count). The lowest BCUT2D eigenvalue weighted by Crippen LogP contribution is -2.15. The summed E-state index contributed by atoms with van der Waals surface area (Å²) in [6.45, 7) is 4.60. The summed E-state index contributed by atoms with van der Waals surface area (Å²) < 4.78 is 5.49. The molecule has 0 atom stereocenters. The van der Waals surface area contributed by atoms with Gasteiger partial charge in [-0.05, 0) is 75.4 Å². The second kappa shape index (κ2) is 9.00. The van der Waals surface area contributed by atoms with Gasteiger partial charge in [0, 0.05) is 12.7 Å². The Labute approximate surface area is 148 Å². The molecule has 0 unspecified atom stereocenters. The van der Waals surface area contributed by atoms with Gasteiger partial charge in [-0.3, -0.25) is 0 Å². The molecule has 0 saturated carbocycles. The summed E-state index contributed by atoms with van der Waals surface area (Å²) in [6.07, 6.45) is 10.9. The summed E-state index contributed by atoms with van der Waals surface area (Å²) in [7, 11) is 0. The van der Waals surface area contributed by atoms with Gasteiger partial charge in [-0.15, -0.1) is 11.3 Å². The van der Waals surface area contributed by atoms with Crippen LogP contribution in [0.5, 0.6) is 5.75 Å². The van der Waals surface area contributed by atoms with Crippen molar-refractivity contribution in [3.8, 4) is 16.2 Å². The van der Waals surface area contributed by atoms with E-state index in [2.05, 4.69) is 28.5 Å². The summed E-state index contributed by atoms with van der Waals surface area (Å²) in [4.78, 5) is 5.76. The topological polar surface area (TPSA) is 34.1 Å². The molecule has 0 spiro atoms. The van der Waals surface area contributed by atoms with E-state index in [4.69, 9.17) is 4.74 Å². The Morgan fingerprint density at radius 1 is 1.21 bits per heavy atom. The van der Waals surface area contributed by atoms with Crippen LogP contribution in [0.2, 0.25) is 0 Å². The lowest BCUT2D eigenvalue weighted by Gasteiger charge is -2.12. The zero-order valence-corrected chi connectivity index (χ0v) is 15.2. The van der Waals surface area contributed by atoms with E-state index in [1.807, 2.05) is 25.3 Å². The van der Waals surface area contributed by atoms with Crippen molar-refractivity contribution < 1.29 is 4.74 Å². The molecule has 2 aromatic rings. The Morgan fingerprint density at radius 3 is 2.83 bits per heavy atom. The molecule has 1 aromatic heterocycles. The number of hydrogen-bond acceptors (Lipinski definition) is 4. The van der Waals surface area contributed by atoms with Crippen LogP contribution < -0.4 is 10.1 Å². The average Bonchev–Trinajstić information content (AvgIpc) is 3.10. The summed E-state index contributed by atoms with van der Waals surface area (Å²) in [6, 6.07) is 8.25. The van der Waals surface area contributed by atoms with Crippen LogP contribution >= 0.6 is 11.3 Å². The Morgan fingerprint density at radius 2 is 2.08 bits per heavy atom. The zero-order valence-electron chi connectivity index (χ0n) is 14.4. The maximum absolute atomic E-state index is 5.49. The second-order valence-electron chi connectivity index (χ2n) is 6.11. The van der Waals surface area contributed by atoms with Crippen LogP contribution in [0.15, 0.2) is 42.1 Å². The number of nitrogens with zero attached hydrogens (tertiary/aromatic N) is 1. The van der Waals surface area contributed by atoms with E-state index in [1.165, 1.54) is 42.5 Å². The van der Waals surface area contributed by atoms with Gasteiger partial charge in [0.15, 0.2) is 0 Å². The van der Waals surface area contributed by atoms with Gasteiger partial charge in [-0.25, -0.2) is 4.98 Å². The Kier molecular flexibility index (Phi) is 6.44. The third-order valence-corrected chi connectivity index (χ3v) is 5.33. The van der Waals surface area contributed by atoms with Crippen molar-refractivity contribution >= 4 is 11.3 Å². The quantitative estimate of drug-likeness (QED) is 0.529. The minimum atomic E-state index is 0.701. The first kappa shape index (κ1) is 17.2. The number of ether oxygens (including phenoxy) is 1. The number of aromatic nitrogens is 1. The first-order valence-corrected chi connectivity index (χ1v) is 9.73. The predicted molar refractivity (Wildman–Crippen MR) is 102 cm³/mol. The van der Waals surface area contributed by atoms with Crippen LogP contribution in [0.25, 0.3) is 10.4 Å². The first-order valence-electron chi connectivity index (χ1n) is 8.91. The van der Waals surface area contributed by atoms with Crippen molar-refractivity contribution in [3.05, 3.63) is 47.1 Å². The van der Waals surface area contributed by atoms with Gasteiger partial charge in [0.25, 0.3) is 0 Å². The van der Waals surface area contributed by atoms with Gasteiger partial charge in [-0.1, -0.05) is 11.6 Å². The fourth-order valence-corrected chi connectivity index (χ4v) is 3.88. The molecule has 0 amide bonds. The molecule has 0 radical (unpaired) electrons. The Bertz CT molecular complexity index is 661. The van der Waals surface area contributed by atoms with E-state index < -0.39 is 0 Å². The fraction of sp³-hybridized carbons (Fsp3) is 0.450. The third-order valence-electron chi connectivity index (χ3n) is 4.29. The van der Waals surface area contributed by atoms with Crippen molar-refractivity contribution in [1.82, 2.24) is 10.3 Å². The van der Waals surface area contributed by atoms with Crippen molar-refractivity contribution in [2.45, 2.75) is 45.6 Å². The van der Waals surface area contributed by atoms with E-state index in [-0.39, 0.29) is 0 Å². The van der Waals surface area contributed by atoms with Crippen molar-refractivity contribution in [1.29, 1.82) is 0 Å². The highest BCUT2D eigenvalue weighted by Crippen LogP contribution is 2.27. The molecule has 0 aliphatic heterocycles. The molecule has 1 N–H and O–H groups in total. The lowest BCUT2D eigenvalue weighted by molar-refractivity contribution is 0.340. The van der Waals surface area contributed by atoms with Gasteiger partial charge in [0.2, 0.25) is 0 Å². The van der Waals surface area contributed by atoms with Gasteiger partial charge in [0.1, 0.15) is 10.8 Å². The molecule has 0 saturated heterocycles. The number of thiazole rings is 1. The lowest BCUT2D eigenvalue weighted by atomic mass is 9.97. The standard InChI is InChI=1S/C20H26N2OS/c1-2-23-18-10-8-17(9-11-18)19-14-22-20(24-19)15-21-13-12-16-6-4-3-5-7-16/h6,8-11,14,21H,2-5,7,12-13,15H2,1H3. The molecule has 0 fully saturated rings. The van der Waals surface area contributed by atoms with Crippen LogP contribution in [-0.4, -0.2) is 18.1 Å². The van der Waals surface area contributed by atoms with Crippen LogP contribution in [0.1, 0.15) is 44.0 Å². The average molecular weight is 343 g/mol. The largest absolute Gasteiger partial charge is 0.494 e. The minimum Gasteiger partial charge on any atom is -0.494 e. The van der Waals surface area contributed by atoms with Crippen molar-refractivity contribution in [2.75, 3.05) is 13.2 Å². The number of nitrogens with one attached hydrogen (secondary N) is 1. The van der Waals surface area contributed by atoms with Crippen LogP contribution in [0.3, 0.4) is 0 Å². The molecular formula is C20H26N2OS. The zero-order chi connectivity index (χ0) is 16.6. The molecule has 24 heavy (non-hydrogen) atoms. The smallest absolute Gasteiger partial charge is 0.119 e. The van der Waals surface area contributed by atoms with E-state index >= 15 is 0 Å². The second-order valence-corrected chi connectivity index (χ2v) is 7.23. The molecule has 1 aromatic carbocycles. The fourth-order valence-electron chi connectivity index (χ4n) is 2.98. The summed E-state index contributed by atoms with van der Waals surface area (Å²) in [5.74, 6) is 0.921. The monoisotopic (exact) mass is 342 g/mol. The molecule has 128 valence electrons. The third kappa shape index (κ3) is 4.92. The van der Waals surface area contributed by atoms with Crippen molar-refractivity contribution in [3.63, 3.8) is 0 Å². The molecular weight excluding hydrogens is 316 g/mol. The minimum absolute atomic E-state index is 0.701. The molecule has 1 aliphatic carbocycles. The maximum Gasteiger partial charge on any atom is 0.119 e. The highest BCUT2D eigenvalue weighted by Gasteiger charge is 2.06. The Balaban J connectivity index is 1.47.